The van der Waals surface area contributed by atoms with Crippen molar-refractivity contribution in [2.45, 2.75) is 26.4 Å². The molecular weight excluding hydrogens is 265 g/mol. The average Bonchev–Trinajstić information content (AvgIpc) is 2.14. The quantitative estimate of drug-likeness (QED) is 0.516. The van der Waals surface area contributed by atoms with E-state index in [0.717, 1.165) is 0 Å². The van der Waals surface area contributed by atoms with E-state index < -0.39 is 22.8 Å². The molecule has 0 amide bonds. The fraction of sp³-hybridized carbons (Fsp3) is 0.364. The molecule has 0 fully saturated rings. The summed E-state index contributed by atoms with van der Waals surface area (Å²) in [4.78, 5) is 11.7. The van der Waals surface area contributed by atoms with E-state index in [1.54, 1.807) is 39.0 Å². The van der Waals surface area contributed by atoms with E-state index in [9.17, 15) is 13.6 Å². The molecule has 95 valence electrons. The summed E-state index contributed by atoms with van der Waals surface area (Å²) in [6, 6.07) is 6.11. The topological polar surface area (TPSA) is 78.5 Å². The maximum Gasteiger partial charge on any atom is 0.338 e. The molecule has 1 atom stereocenters. The number of carbonyl (C=O) groups excluding carboxylic acids is 1. The van der Waals surface area contributed by atoms with Crippen molar-refractivity contribution in [3.8, 4) is 0 Å². The van der Waals surface area contributed by atoms with Crippen LogP contribution in [0.5, 0.6) is 0 Å². The third-order valence-electron chi connectivity index (χ3n) is 1.70. The van der Waals surface area contributed by atoms with Crippen LogP contribution >= 0.6 is 0 Å². The van der Waals surface area contributed by atoms with Crippen molar-refractivity contribution in [2.75, 3.05) is 4.72 Å². The van der Waals surface area contributed by atoms with E-state index in [4.69, 9.17) is 4.74 Å². The summed E-state index contributed by atoms with van der Waals surface area (Å²) < 4.78 is 28.2. The van der Waals surface area contributed by atoms with Crippen LogP contribution < -0.4 is 4.72 Å². The van der Waals surface area contributed by atoms with Gasteiger partial charge >= 0.3 is 5.97 Å². The zero-order valence-electron chi connectivity index (χ0n) is 10.9. The fourth-order valence-electron chi connectivity index (χ4n) is 1.14. The van der Waals surface area contributed by atoms with Gasteiger partial charge in [0.15, 0.2) is 0 Å². The molecule has 0 aliphatic rings. The summed E-state index contributed by atoms with van der Waals surface area (Å²) >= 11 is -2.41. The number of carbonyl (C=O) groups is 1. The van der Waals surface area contributed by atoms with Gasteiger partial charge in [-0.15, -0.1) is 0 Å². The van der Waals surface area contributed by atoms with Gasteiger partial charge in [-0.05, 0) is 39.0 Å². The number of hydrogen-bond acceptors (Lipinski definition) is 4. The van der Waals surface area contributed by atoms with Crippen LogP contribution in [0.2, 0.25) is 0 Å². The maximum atomic E-state index is 11.7. The van der Waals surface area contributed by atoms with Crippen molar-refractivity contribution in [2.24, 2.45) is 0 Å². The molecule has 1 N–H and O–H groups in total. The number of esters is 1. The third-order valence-corrected chi connectivity index (χ3v) is 2.10. The molecule has 0 spiro atoms. The van der Waals surface area contributed by atoms with E-state index in [1.807, 2.05) is 0 Å². The fourth-order valence-corrected chi connectivity index (χ4v) is 1.46. The molecule has 1 aromatic rings. The van der Waals surface area contributed by atoms with Crippen molar-refractivity contribution in [1.29, 1.82) is 0 Å². The molecule has 0 bridgehead atoms. The Hall–Kier alpha value is -0.400. The van der Waals surface area contributed by atoms with Gasteiger partial charge in [0.2, 0.25) is 0 Å². The Kier molecular flexibility index (Phi) is 7.09. The number of anilines is 1. The van der Waals surface area contributed by atoms with E-state index in [2.05, 4.69) is 4.72 Å². The van der Waals surface area contributed by atoms with Crippen LogP contribution in [0.1, 0.15) is 31.1 Å². The van der Waals surface area contributed by atoms with Crippen LogP contribution in [0.25, 0.3) is 0 Å². The molecule has 1 unspecified atom stereocenters. The second-order valence-electron chi connectivity index (χ2n) is 4.42. The first-order valence-electron chi connectivity index (χ1n) is 4.97. The van der Waals surface area contributed by atoms with Crippen molar-refractivity contribution < 1.29 is 18.3 Å². The zero-order valence-corrected chi connectivity index (χ0v) is 13.7. The summed E-state index contributed by atoms with van der Waals surface area (Å²) in [5.74, 6) is -0.488. The van der Waals surface area contributed by atoms with Crippen molar-refractivity contribution in [3.05, 3.63) is 29.8 Å². The monoisotopic (exact) mass is 279 g/mol. The molecule has 18 heavy (non-hydrogen) atoms. The standard InChI is InChI=1S/C11H15NO4S.Na/c1-11(2,3)16-10(13)8-5-4-6-9(7-8)12-17(14)15;/h4-7,12H,1-3H3,(H,14,15);/p-1. The number of ether oxygens (including phenoxy) is 1. The first-order valence-corrected chi connectivity index (χ1v) is 6.05. The van der Waals surface area contributed by atoms with Crippen LogP contribution in [0, 0.1) is 0 Å². The molecule has 1 radical (unpaired) electrons. The minimum atomic E-state index is -2.41. The normalized spacial score (nSPS) is 12.2. The van der Waals surface area contributed by atoms with Gasteiger partial charge in [-0.25, -0.2) is 4.79 Å². The predicted molar refractivity (Wildman–Crippen MR) is 69.9 cm³/mol. The molecule has 0 saturated heterocycles. The molecule has 1 aromatic carbocycles. The molecule has 7 heteroatoms. The van der Waals surface area contributed by atoms with Gasteiger partial charge in [0.05, 0.1) is 5.56 Å². The SMILES string of the molecule is CC(C)(C)OC(=O)c1cccc(NS(=O)[O-])c1.[Na]. The smallest absolute Gasteiger partial charge is 0.338 e. The van der Waals surface area contributed by atoms with E-state index >= 15 is 0 Å². The summed E-state index contributed by atoms with van der Waals surface area (Å²) in [5.41, 5.74) is 0.0408. The summed E-state index contributed by atoms with van der Waals surface area (Å²) in [7, 11) is 0. The summed E-state index contributed by atoms with van der Waals surface area (Å²) in [6.07, 6.45) is 0. The van der Waals surface area contributed by atoms with Crippen LogP contribution in [0.4, 0.5) is 5.69 Å². The third kappa shape index (κ3) is 6.51. The van der Waals surface area contributed by atoms with Crippen LogP contribution in [0.3, 0.4) is 0 Å². The van der Waals surface area contributed by atoms with Crippen molar-refractivity contribution >= 4 is 52.5 Å². The van der Waals surface area contributed by atoms with E-state index in [0.29, 0.717) is 11.3 Å². The van der Waals surface area contributed by atoms with Crippen LogP contribution in [0.15, 0.2) is 24.3 Å². The number of rotatable bonds is 3. The van der Waals surface area contributed by atoms with Gasteiger partial charge in [0, 0.05) is 46.5 Å². The first-order chi connectivity index (χ1) is 7.78. The minimum Gasteiger partial charge on any atom is -0.755 e. The largest absolute Gasteiger partial charge is 0.755 e. The minimum absolute atomic E-state index is 0. The predicted octanol–water partition coefficient (Wildman–Crippen LogP) is 1.47. The second-order valence-corrected chi connectivity index (χ2v) is 5.09. The summed E-state index contributed by atoms with van der Waals surface area (Å²) in [6.45, 7) is 5.29. The molecular formula is C11H14NNaO4S-. The Morgan fingerprint density at radius 1 is 1.39 bits per heavy atom. The van der Waals surface area contributed by atoms with Gasteiger partial charge in [-0.2, -0.15) is 0 Å². The number of nitrogens with one attached hydrogen (secondary N) is 1. The Morgan fingerprint density at radius 2 is 2.00 bits per heavy atom. The van der Waals surface area contributed by atoms with Crippen molar-refractivity contribution in [3.63, 3.8) is 0 Å². The van der Waals surface area contributed by atoms with Crippen LogP contribution in [-0.4, -0.2) is 49.9 Å². The number of hydrogen-bond donors (Lipinski definition) is 1. The van der Waals surface area contributed by atoms with Crippen molar-refractivity contribution in [1.82, 2.24) is 0 Å². The molecule has 1 rings (SSSR count). The Morgan fingerprint density at radius 3 is 2.50 bits per heavy atom. The summed E-state index contributed by atoms with van der Waals surface area (Å²) in [5, 5.41) is 0. The molecule has 0 heterocycles. The molecule has 0 aliphatic heterocycles. The molecule has 0 saturated carbocycles. The zero-order chi connectivity index (χ0) is 13.1. The molecule has 0 aliphatic carbocycles. The maximum absolute atomic E-state index is 11.7. The molecule has 0 aromatic heterocycles. The van der Waals surface area contributed by atoms with Gasteiger partial charge < -0.3 is 14.0 Å². The second kappa shape index (κ2) is 7.25. The number of benzene rings is 1. The van der Waals surface area contributed by atoms with Crippen LogP contribution in [-0.2, 0) is 16.0 Å². The molecule has 5 nitrogen and oxygen atoms in total. The van der Waals surface area contributed by atoms with Gasteiger partial charge in [-0.3, -0.25) is 4.21 Å². The van der Waals surface area contributed by atoms with Gasteiger partial charge in [-0.1, -0.05) is 6.07 Å². The first kappa shape index (κ1) is 17.6. The van der Waals surface area contributed by atoms with E-state index in [1.165, 1.54) is 6.07 Å². The Bertz CT molecular complexity index is 445. The van der Waals surface area contributed by atoms with E-state index in [-0.39, 0.29) is 29.6 Å². The Balaban J connectivity index is 0.00000289. The Labute approximate surface area is 131 Å². The van der Waals surface area contributed by atoms with Gasteiger partial charge in [0.25, 0.3) is 0 Å². The average molecular weight is 279 g/mol. The van der Waals surface area contributed by atoms with Gasteiger partial charge in [0.1, 0.15) is 5.60 Å².